The Morgan fingerprint density at radius 1 is 0.785 bits per heavy atom. The number of benzene rings is 6. The Labute approximate surface area is 412 Å². The molecule has 1 fully saturated rings. The summed E-state index contributed by atoms with van der Waals surface area (Å²) in [5.74, 6) is 1.64. The van der Waals surface area contributed by atoms with Crippen molar-refractivity contribution in [2.24, 2.45) is 5.92 Å². The predicted molar refractivity (Wildman–Crippen MR) is 278 cm³/mol. The van der Waals surface area contributed by atoms with Crippen molar-refractivity contribution in [2.45, 2.75) is 105 Å². The molecule has 1 aliphatic carbocycles. The van der Waals surface area contributed by atoms with Crippen molar-refractivity contribution in [3.05, 3.63) is 168 Å². The van der Waals surface area contributed by atoms with E-state index in [9.17, 15) is 0 Å². The van der Waals surface area contributed by atoms with Gasteiger partial charge in [0.15, 0.2) is 0 Å². The van der Waals surface area contributed by atoms with Crippen LogP contribution in [-0.4, -0.2) is 22.6 Å². The molecule has 0 unspecified atom stereocenters. The van der Waals surface area contributed by atoms with Crippen molar-refractivity contribution in [1.82, 2.24) is 14.5 Å². The van der Waals surface area contributed by atoms with E-state index in [4.69, 9.17) is 11.8 Å². The average molecular weight is 1070 g/mol. The third kappa shape index (κ3) is 9.79. The molecule has 6 aromatic carbocycles. The van der Waals surface area contributed by atoms with Gasteiger partial charge in [-0.15, -0.1) is 53.6 Å². The SMILES string of the molecule is CC(C)c1cc(-c2ccccc2)cc(C(C)C)c1-n1c(-c2[c-]ccc3c2sc2ccccc23)nc2ccccc21.[2H]C([2H])([2H])c1c[c-]c(-c2cc(C([2H])([2H])C3CCCCC3)c([Si](C)(C)C)cn2)cc1.[Ir]. The van der Waals surface area contributed by atoms with Gasteiger partial charge in [0.05, 0.1) is 24.9 Å². The first-order chi connectivity index (χ1) is 32.9. The minimum atomic E-state index is -2.16. The number of pyridine rings is 1. The minimum absolute atomic E-state index is 0. The number of aryl methyl sites for hydroxylation is 1. The van der Waals surface area contributed by atoms with Gasteiger partial charge < -0.3 is 9.55 Å². The first kappa shape index (κ1) is 40.3. The fourth-order valence-electron chi connectivity index (χ4n) is 9.26. The third-order valence-corrected chi connectivity index (χ3v) is 15.9. The van der Waals surface area contributed by atoms with E-state index < -0.39 is 21.3 Å². The van der Waals surface area contributed by atoms with Crippen molar-refractivity contribution < 1.29 is 27.0 Å². The van der Waals surface area contributed by atoms with Gasteiger partial charge in [0.25, 0.3) is 0 Å². The second-order valence-corrected chi connectivity index (χ2v) is 25.1. The number of imidazole rings is 1. The number of hydrogen-bond acceptors (Lipinski definition) is 3. The van der Waals surface area contributed by atoms with Gasteiger partial charge in [-0.05, 0) is 97.7 Å². The van der Waals surface area contributed by atoms with E-state index in [0.717, 1.165) is 58.9 Å². The molecule has 0 bridgehead atoms. The van der Waals surface area contributed by atoms with Gasteiger partial charge in [0.1, 0.15) is 0 Å². The van der Waals surface area contributed by atoms with E-state index in [1.54, 1.807) is 12.1 Å². The predicted octanol–water partition coefficient (Wildman–Crippen LogP) is 16.3. The number of hydrogen-bond donors (Lipinski definition) is 0. The maximum Gasteiger partial charge on any atom is 0.0798 e. The maximum atomic E-state index is 9.03. The second kappa shape index (κ2) is 19.9. The van der Waals surface area contributed by atoms with E-state index in [1.165, 1.54) is 60.6 Å². The molecule has 3 aromatic heterocycles. The molecular weight excluding hydrogens is 1000 g/mol. The Morgan fingerprint density at radius 2 is 1.49 bits per heavy atom. The Bertz CT molecular complexity index is 3240. The fourth-order valence-corrected chi connectivity index (χ4v) is 11.9. The topological polar surface area (TPSA) is 30.7 Å². The van der Waals surface area contributed by atoms with Crippen LogP contribution in [-0.2, 0) is 26.5 Å². The van der Waals surface area contributed by atoms with Crippen LogP contribution in [0.2, 0.25) is 19.6 Å². The van der Waals surface area contributed by atoms with Crippen LogP contribution < -0.4 is 5.19 Å². The van der Waals surface area contributed by atoms with Gasteiger partial charge >= 0.3 is 0 Å². The summed E-state index contributed by atoms with van der Waals surface area (Å²) in [7, 11) is -1.80. The first-order valence-corrected chi connectivity index (χ1v) is 27.3. The molecule has 1 aliphatic rings. The molecule has 10 rings (SSSR count). The molecule has 6 heteroatoms. The van der Waals surface area contributed by atoms with E-state index in [-0.39, 0.29) is 31.6 Å². The van der Waals surface area contributed by atoms with Crippen LogP contribution >= 0.6 is 11.3 Å². The number of para-hydroxylation sites is 2. The van der Waals surface area contributed by atoms with Crippen molar-refractivity contribution in [3.8, 4) is 39.5 Å². The zero-order chi connectivity index (χ0) is 48.8. The monoisotopic (exact) mass is 1070 g/mol. The molecule has 0 aliphatic heterocycles. The summed E-state index contributed by atoms with van der Waals surface area (Å²) in [5.41, 5.74) is 12.0. The third-order valence-electron chi connectivity index (χ3n) is 12.6. The van der Waals surface area contributed by atoms with Crippen LogP contribution in [0.25, 0.3) is 70.7 Å². The number of aromatic nitrogens is 3. The zero-order valence-electron chi connectivity index (χ0n) is 43.6. The molecule has 65 heavy (non-hydrogen) atoms. The van der Waals surface area contributed by atoms with Gasteiger partial charge in [-0.25, -0.2) is 0 Å². The van der Waals surface area contributed by atoms with Crippen LogP contribution in [0.1, 0.15) is 101 Å². The summed E-state index contributed by atoms with van der Waals surface area (Å²) in [5, 5.41) is 3.62. The van der Waals surface area contributed by atoms with Gasteiger partial charge in [-0.3, -0.25) is 4.98 Å². The molecule has 0 saturated heterocycles. The van der Waals surface area contributed by atoms with Crippen LogP contribution in [0.5, 0.6) is 0 Å². The summed E-state index contributed by atoms with van der Waals surface area (Å²) < 4.78 is 45.6. The van der Waals surface area contributed by atoms with Crippen molar-refractivity contribution >= 4 is 55.8 Å². The smallest absolute Gasteiger partial charge is 0.0798 e. The molecule has 0 spiro atoms. The minimum Gasteiger partial charge on any atom is -0.333 e. The summed E-state index contributed by atoms with van der Waals surface area (Å²) >= 11 is 1.83. The molecule has 3 nitrogen and oxygen atoms in total. The molecule has 9 aromatic rings. The molecule has 1 radical (unpaired) electrons. The summed E-state index contributed by atoms with van der Waals surface area (Å²) in [4.78, 5) is 9.92. The number of rotatable bonds is 9. The molecule has 0 atom stereocenters. The van der Waals surface area contributed by atoms with Crippen molar-refractivity contribution in [2.75, 3.05) is 0 Å². The van der Waals surface area contributed by atoms with E-state index in [2.05, 4.69) is 172 Å². The maximum absolute atomic E-state index is 9.03. The quantitative estimate of drug-likeness (QED) is 0.107. The Kier molecular flexibility index (Phi) is 12.3. The van der Waals surface area contributed by atoms with E-state index >= 15 is 0 Å². The van der Waals surface area contributed by atoms with Crippen LogP contribution in [0.3, 0.4) is 0 Å². The number of fused-ring (bicyclic) bond motifs is 4. The zero-order valence-corrected chi connectivity index (χ0v) is 42.8. The van der Waals surface area contributed by atoms with Crippen LogP contribution in [0.4, 0.5) is 0 Å². The summed E-state index contributed by atoms with van der Waals surface area (Å²) in [6, 6.07) is 50.3. The Morgan fingerprint density at radius 3 is 2.18 bits per heavy atom. The molecular formula is C59H61IrN3SSi-2. The van der Waals surface area contributed by atoms with Gasteiger partial charge in [0.2, 0.25) is 0 Å². The second-order valence-electron chi connectivity index (χ2n) is 19.0. The van der Waals surface area contributed by atoms with Crippen LogP contribution in [0, 0.1) is 24.9 Å². The molecule has 3 heterocycles. The van der Waals surface area contributed by atoms with Crippen molar-refractivity contribution in [3.63, 3.8) is 0 Å². The molecule has 333 valence electrons. The number of thiophene rings is 1. The fraction of sp³-hybridized carbons (Fsp3) is 0.288. The summed E-state index contributed by atoms with van der Waals surface area (Å²) in [6.07, 6.45) is 5.68. The number of nitrogens with zero attached hydrogens (tertiary/aromatic N) is 3. The standard InChI is InChI=1S/C37H31N2S.C22H30NSi.Ir/c1-23(2)30-21-26(25-13-6-5-7-14-25)22-31(24(3)4)35(30)39-33-19-10-9-18-32(33)38-37(39)29-17-12-16-28-27-15-8-11-20-34(27)40-36(28)29;1-17-10-12-19(13-11-17)21-15-20(14-18-8-6-5-7-9-18)22(16-23-21)24(2,3)4;/h5-16,18-24H,1-4H3;10-12,15-16,18H,5-9,14H2,1-4H3;/q2*-1;/i;1D3,14D2;. The first-order valence-electron chi connectivity index (χ1n) is 25.5. The van der Waals surface area contributed by atoms with E-state index in [1.807, 2.05) is 23.6 Å². The molecule has 1 saturated carbocycles. The van der Waals surface area contributed by atoms with Gasteiger partial charge in [-0.2, -0.15) is 11.3 Å². The summed E-state index contributed by atoms with van der Waals surface area (Å²) in [6.45, 7) is 13.7. The van der Waals surface area contributed by atoms with Gasteiger partial charge in [-0.1, -0.05) is 170 Å². The largest absolute Gasteiger partial charge is 0.333 e. The molecule has 0 N–H and O–H groups in total. The van der Waals surface area contributed by atoms with Crippen LogP contribution in [0.15, 0.2) is 134 Å². The van der Waals surface area contributed by atoms with Crippen molar-refractivity contribution in [1.29, 1.82) is 0 Å². The Hall–Kier alpha value is -4.97. The molecule has 0 amide bonds. The Balaban J connectivity index is 0.000000196. The van der Waals surface area contributed by atoms with Gasteiger partial charge in [0, 0.05) is 43.5 Å². The normalized spacial score (nSPS) is 14.9. The average Bonchev–Trinajstić information content (AvgIpc) is 3.92. The van der Waals surface area contributed by atoms with E-state index in [0.29, 0.717) is 23.1 Å².